The molecule has 0 unspecified atom stereocenters. The van der Waals surface area contributed by atoms with E-state index >= 15 is 0 Å². The largest absolute Gasteiger partial charge is 0.360 e. The second-order valence-electron chi connectivity index (χ2n) is 4.61. The van der Waals surface area contributed by atoms with Crippen LogP contribution >= 0.6 is 11.3 Å². The molecule has 0 aromatic carbocycles. The number of nitrogens with zero attached hydrogens (tertiary/aromatic N) is 3. The van der Waals surface area contributed by atoms with Crippen LogP contribution in [-0.2, 0) is 0 Å². The van der Waals surface area contributed by atoms with Crippen LogP contribution in [0.1, 0.15) is 36.0 Å². The van der Waals surface area contributed by atoms with E-state index in [-0.39, 0.29) is 5.91 Å². The summed E-state index contributed by atoms with van der Waals surface area (Å²) in [6, 6.07) is 0. The molecule has 2 N–H and O–H groups in total. The van der Waals surface area contributed by atoms with Crippen molar-refractivity contribution < 1.29 is 4.79 Å². The van der Waals surface area contributed by atoms with E-state index in [1.165, 1.54) is 11.3 Å². The van der Waals surface area contributed by atoms with Gasteiger partial charge in [-0.3, -0.25) is 4.79 Å². The second kappa shape index (κ2) is 8.82. The van der Waals surface area contributed by atoms with Crippen LogP contribution in [0.15, 0.2) is 0 Å². The van der Waals surface area contributed by atoms with Gasteiger partial charge >= 0.3 is 0 Å². The lowest BCUT2D eigenvalue weighted by Gasteiger charge is -2.08. The molecule has 1 aromatic heterocycles. The normalized spacial score (nSPS) is 10.7. The fourth-order valence-electron chi connectivity index (χ4n) is 1.45. The zero-order chi connectivity index (χ0) is 14.1. The van der Waals surface area contributed by atoms with Crippen LogP contribution in [0.25, 0.3) is 0 Å². The van der Waals surface area contributed by atoms with Crippen LogP contribution in [0.5, 0.6) is 0 Å². The minimum absolute atomic E-state index is 0.132. The van der Waals surface area contributed by atoms with E-state index in [1.807, 2.05) is 14.1 Å². The number of unbranched alkanes of at least 4 members (excludes halogenated alkanes) is 1. The first-order valence-electron chi connectivity index (χ1n) is 6.63. The molecule has 7 heteroatoms. The van der Waals surface area contributed by atoms with Gasteiger partial charge in [0.15, 0.2) is 0 Å². The molecule has 0 spiro atoms. The van der Waals surface area contributed by atoms with Gasteiger partial charge in [-0.2, -0.15) is 0 Å². The van der Waals surface area contributed by atoms with Crippen LogP contribution in [0.3, 0.4) is 0 Å². The maximum absolute atomic E-state index is 11.8. The van der Waals surface area contributed by atoms with E-state index in [0.717, 1.165) is 32.4 Å². The number of amides is 1. The molecule has 0 radical (unpaired) electrons. The highest BCUT2D eigenvalue weighted by molar-refractivity contribution is 7.17. The first-order valence-corrected chi connectivity index (χ1v) is 7.45. The third kappa shape index (κ3) is 6.49. The molecule has 1 rings (SSSR count). The van der Waals surface area contributed by atoms with Crippen molar-refractivity contribution in [3.63, 3.8) is 0 Å². The summed E-state index contributed by atoms with van der Waals surface area (Å²) in [4.78, 5) is 13.9. The van der Waals surface area contributed by atoms with Crippen LogP contribution in [-0.4, -0.2) is 54.7 Å². The quantitative estimate of drug-likeness (QED) is 0.672. The number of carbonyl (C=O) groups is 1. The van der Waals surface area contributed by atoms with Gasteiger partial charge in [0.1, 0.15) is 0 Å². The summed E-state index contributed by atoms with van der Waals surface area (Å²) in [7, 11) is 4.09. The molecule has 1 heterocycles. The molecule has 0 atom stereocenters. The van der Waals surface area contributed by atoms with Crippen LogP contribution in [0, 0.1) is 0 Å². The Hall–Kier alpha value is -1.21. The Labute approximate surface area is 118 Å². The second-order valence-corrected chi connectivity index (χ2v) is 5.58. The molecule has 0 fully saturated rings. The van der Waals surface area contributed by atoms with E-state index < -0.39 is 0 Å². The number of carbonyl (C=O) groups excluding carboxylic acids is 1. The van der Waals surface area contributed by atoms with Gasteiger partial charge in [0.2, 0.25) is 10.1 Å². The van der Waals surface area contributed by atoms with Gasteiger partial charge in [-0.05, 0) is 39.9 Å². The van der Waals surface area contributed by atoms with Gasteiger partial charge in [-0.1, -0.05) is 18.3 Å². The molecule has 0 saturated heterocycles. The summed E-state index contributed by atoms with van der Waals surface area (Å²) in [6.07, 6.45) is 3.07. The summed E-state index contributed by atoms with van der Waals surface area (Å²) in [5.41, 5.74) is 0. The molecule has 0 bridgehead atoms. The Bertz CT molecular complexity index is 380. The van der Waals surface area contributed by atoms with E-state index in [0.29, 0.717) is 16.7 Å². The molecule has 0 aliphatic rings. The van der Waals surface area contributed by atoms with E-state index in [4.69, 9.17) is 0 Å². The average molecular weight is 285 g/mol. The van der Waals surface area contributed by atoms with Crippen molar-refractivity contribution in [2.24, 2.45) is 0 Å². The fraction of sp³-hybridized carbons (Fsp3) is 0.750. The molecule has 6 nitrogen and oxygen atoms in total. The summed E-state index contributed by atoms with van der Waals surface area (Å²) < 4.78 is 0. The molecular weight excluding hydrogens is 262 g/mol. The Morgan fingerprint density at radius 2 is 2.05 bits per heavy atom. The van der Waals surface area contributed by atoms with Gasteiger partial charge in [0.25, 0.3) is 5.91 Å². The third-order valence-electron chi connectivity index (χ3n) is 2.46. The maximum atomic E-state index is 11.8. The molecular formula is C12H23N5OS. The van der Waals surface area contributed by atoms with Gasteiger partial charge in [-0.15, -0.1) is 10.2 Å². The predicted molar refractivity (Wildman–Crippen MR) is 78.8 cm³/mol. The zero-order valence-corrected chi connectivity index (χ0v) is 12.7. The highest BCUT2D eigenvalue weighted by Gasteiger charge is 2.11. The standard InChI is InChI=1S/C12H23N5OS/c1-4-7-14-12-16-15-11(19-12)10(18)13-8-5-6-9-17(2)3/h4-9H2,1-3H3,(H,13,18)(H,14,16). The maximum Gasteiger partial charge on any atom is 0.282 e. The minimum atomic E-state index is -0.132. The smallest absolute Gasteiger partial charge is 0.282 e. The molecule has 0 aliphatic heterocycles. The highest BCUT2D eigenvalue weighted by atomic mass is 32.1. The van der Waals surface area contributed by atoms with Crippen molar-refractivity contribution >= 4 is 22.4 Å². The molecule has 0 saturated carbocycles. The van der Waals surface area contributed by atoms with E-state index in [2.05, 4.69) is 32.7 Å². The van der Waals surface area contributed by atoms with Crippen molar-refractivity contribution in [1.82, 2.24) is 20.4 Å². The summed E-state index contributed by atoms with van der Waals surface area (Å²) in [5.74, 6) is -0.132. The number of anilines is 1. The minimum Gasteiger partial charge on any atom is -0.360 e. The Kier molecular flexibility index (Phi) is 7.35. The first-order chi connectivity index (χ1) is 9.13. The molecule has 0 aliphatic carbocycles. The number of hydrogen-bond donors (Lipinski definition) is 2. The van der Waals surface area contributed by atoms with Crippen molar-refractivity contribution in [1.29, 1.82) is 0 Å². The van der Waals surface area contributed by atoms with Gasteiger partial charge < -0.3 is 15.5 Å². The van der Waals surface area contributed by atoms with Crippen LogP contribution in [0.4, 0.5) is 5.13 Å². The summed E-state index contributed by atoms with van der Waals surface area (Å²) in [5, 5.41) is 14.9. The monoisotopic (exact) mass is 285 g/mol. The molecule has 19 heavy (non-hydrogen) atoms. The molecule has 1 aromatic rings. The zero-order valence-electron chi connectivity index (χ0n) is 11.9. The third-order valence-corrected chi connectivity index (χ3v) is 3.34. The Morgan fingerprint density at radius 1 is 1.26 bits per heavy atom. The summed E-state index contributed by atoms with van der Waals surface area (Å²) >= 11 is 1.30. The first kappa shape index (κ1) is 15.8. The van der Waals surface area contributed by atoms with Crippen molar-refractivity contribution in [2.75, 3.05) is 39.0 Å². The van der Waals surface area contributed by atoms with Gasteiger partial charge in [0, 0.05) is 13.1 Å². The van der Waals surface area contributed by atoms with Crippen molar-refractivity contribution in [3.8, 4) is 0 Å². The van der Waals surface area contributed by atoms with Crippen LogP contribution < -0.4 is 10.6 Å². The number of aromatic nitrogens is 2. The Morgan fingerprint density at radius 3 is 2.74 bits per heavy atom. The molecule has 108 valence electrons. The summed E-state index contributed by atoms with van der Waals surface area (Å²) in [6.45, 7) is 4.65. The van der Waals surface area contributed by atoms with Crippen molar-refractivity contribution in [2.45, 2.75) is 26.2 Å². The van der Waals surface area contributed by atoms with Gasteiger partial charge in [-0.25, -0.2) is 0 Å². The van der Waals surface area contributed by atoms with Crippen molar-refractivity contribution in [3.05, 3.63) is 5.01 Å². The fourth-order valence-corrected chi connectivity index (χ4v) is 2.13. The lowest BCUT2D eigenvalue weighted by Crippen LogP contribution is -2.25. The number of hydrogen-bond acceptors (Lipinski definition) is 6. The topological polar surface area (TPSA) is 70.1 Å². The predicted octanol–water partition coefficient (Wildman–Crippen LogP) is 1.43. The Balaban J connectivity index is 2.23. The van der Waals surface area contributed by atoms with Gasteiger partial charge in [0.05, 0.1) is 0 Å². The van der Waals surface area contributed by atoms with Crippen LogP contribution in [0.2, 0.25) is 0 Å². The lowest BCUT2D eigenvalue weighted by atomic mass is 10.3. The average Bonchev–Trinajstić information content (AvgIpc) is 2.84. The number of rotatable bonds is 9. The lowest BCUT2D eigenvalue weighted by molar-refractivity contribution is 0.0951. The van der Waals surface area contributed by atoms with E-state index in [1.54, 1.807) is 0 Å². The molecule has 1 amide bonds. The SMILES string of the molecule is CCCNc1nnc(C(=O)NCCCCN(C)C)s1. The number of nitrogens with one attached hydrogen (secondary N) is 2. The van der Waals surface area contributed by atoms with E-state index in [9.17, 15) is 4.79 Å². The highest BCUT2D eigenvalue weighted by Crippen LogP contribution is 2.14.